The predicted molar refractivity (Wildman–Crippen MR) is 40.9 cm³/mol. The summed E-state index contributed by atoms with van der Waals surface area (Å²) < 4.78 is 0. The SMILES string of the molecule is Cc1c(O)cccc1C(=O)OO. The van der Waals surface area contributed by atoms with Crippen LogP contribution in [0.4, 0.5) is 0 Å². The number of benzene rings is 1. The van der Waals surface area contributed by atoms with E-state index in [4.69, 9.17) is 10.4 Å². The van der Waals surface area contributed by atoms with Crippen LogP contribution in [-0.2, 0) is 4.89 Å². The minimum Gasteiger partial charge on any atom is -0.508 e. The van der Waals surface area contributed by atoms with Crippen LogP contribution in [0.25, 0.3) is 0 Å². The minimum atomic E-state index is -0.872. The third-order valence-corrected chi connectivity index (χ3v) is 1.61. The number of carbonyl (C=O) groups is 1. The van der Waals surface area contributed by atoms with Crippen LogP contribution in [0.5, 0.6) is 5.75 Å². The molecule has 0 aliphatic rings. The summed E-state index contributed by atoms with van der Waals surface area (Å²) in [6.07, 6.45) is 0. The normalized spacial score (nSPS) is 9.50. The van der Waals surface area contributed by atoms with Crippen LogP contribution in [0, 0.1) is 6.92 Å². The first-order chi connectivity index (χ1) is 5.66. The molecule has 0 radical (unpaired) electrons. The highest BCUT2D eigenvalue weighted by atomic mass is 17.1. The lowest BCUT2D eigenvalue weighted by atomic mass is 10.1. The van der Waals surface area contributed by atoms with Crippen molar-refractivity contribution >= 4 is 5.97 Å². The Bertz CT molecular complexity index is 306. The molecule has 4 nitrogen and oxygen atoms in total. The van der Waals surface area contributed by atoms with Gasteiger partial charge in [0.25, 0.3) is 0 Å². The second-order valence-electron chi connectivity index (χ2n) is 2.33. The Morgan fingerprint density at radius 1 is 1.50 bits per heavy atom. The first kappa shape index (κ1) is 8.55. The van der Waals surface area contributed by atoms with Gasteiger partial charge in [0.05, 0.1) is 5.56 Å². The van der Waals surface area contributed by atoms with Crippen molar-refractivity contribution in [3.8, 4) is 5.75 Å². The van der Waals surface area contributed by atoms with Crippen molar-refractivity contribution in [2.24, 2.45) is 0 Å². The Balaban J connectivity index is 3.16. The first-order valence-corrected chi connectivity index (χ1v) is 3.31. The largest absolute Gasteiger partial charge is 0.508 e. The van der Waals surface area contributed by atoms with Gasteiger partial charge in [0.15, 0.2) is 0 Å². The molecule has 0 bridgehead atoms. The van der Waals surface area contributed by atoms with Gasteiger partial charge in [-0.3, -0.25) is 4.89 Å². The molecule has 1 aromatic carbocycles. The molecule has 0 aliphatic heterocycles. The zero-order valence-electron chi connectivity index (χ0n) is 6.44. The topological polar surface area (TPSA) is 66.8 Å². The highest BCUT2D eigenvalue weighted by molar-refractivity contribution is 5.91. The van der Waals surface area contributed by atoms with E-state index in [-0.39, 0.29) is 11.3 Å². The third-order valence-electron chi connectivity index (χ3n) is 1.61. The van der Waals surface area contributed by atoms with Crippen molar-refractivity contribution in [2.75, 3.05) is 0 Å². The van der Waals surface area contributed by atoms with Crippen molar-refractivity contribution in [3.05, 3.63) is 29.3 Å². The van der Waals surface area contributed by atoms with Crippen LogP contribution in [-0.4, -0.2) is 16.3 Å². The van der Waals surface area contributed by atoms with E-state index in [0.29, 0.717) is 5.56 Å². The van der Waals surface area contributed by atoms with E-state index in [9.17, 15) is 4.79 Å². The Hall–Kier alpha value is -1.55. The number of phenolic OH excluding ortho intramolecular Hbond substituents is 1. The fraction of sp³-hybridized carbons (Fsp3) is 0.125. The summed E-state index contributed by atoms with van der Waals surface area (Å²) in [7, 11) is 0. The Morgan fingerprint density at radius 2 is 2.17 bits per heavy atom. The molecular weight excluding hydrogens is 160 g/mol. The van der Waals surface area contributed by atoms with E-state index in [2.05, 4.69) is 4.89 Å². The van der Waals surface area contributed by atoms with Crippen molar-refractivity contribution in [2.45, 2.75) is 6.92 Å². The highest BCUT2D eigenvalue weighted by Crippen LogP contribution is 2.19. The van der Waals surface area contributed by atoms with Gasteiger partial charge >= 0.3 is 5.97 Å². The summed E-state index contributed by atoms with van der Waals surface area (Å²) in [5, 5.41) is 17.2. The van der Waals surface area contributed by atoms with Crippen molar-refractivity contribution in [1.29, 1.82) is 0 Å². The van der Waals surface area contributed by atoms with E-state index in [0.717, 1.165) is 0 Å². The summed E-state index contributed by atoms with van der Waals surface area (Å²) in [5.41, 5.74) is 0.536. The molecule has 0 aromatic heterocycles. The molecule has 0 saturated heterocycles. The van der Waals surface area contributed by atoms with Crippen LogP contribution >= 0.6 is 0 Å². The fourth-order valence-corrected chi connectivity index (χ4v) is 0.894. The molecule has 0 amide bonds. The van der Waals surface area contributed by atoms with Gasteiger partial charge in [-0.2, -0.15) is 5.26 Å². The molecule has 0 heterocycles. The van der Waals surface area contributed by atoms with Crippen molar-refractivity contribution in [1.82, 2.24) is 0 Å². The lowest BCUT2D eigenvalue weighted by molar-refractivity contribution is -0.182. The van der Waals surface area contributed by atoms with Gasteiger partial charge < -0.3 is 5.11 Å². The number of hydrogen-bond donors (Lipinski definition) is 2. The van der Waals surface area contributed by atoms with Crippen LogP contribution in [0.1, 0.15) is 15.9 Å². The van der Waals surface area contributed by atoms with Crippen LogP contribution < -0.4 is 0 Å². The number of rotatable bonds is 1. The van der Waals surface area contributed by atoms with Gasteiger partial charge in [0, 0.05) is 5.56 Å². The Morgan fingerprint density at radius 3 is 2.75 bits per heavy atom. The molecular formula is C8H8O4. The second kappa shape index (κ2) is 3.23. The van der Waals surface area contributed by atoms with Gasteiger partial charge in [0.1, 0.15) is 5.75 Å². The van der Waals surface area contributed by atoms with Gasteiger partial charge in [0.2, 0.25) is 0 Å². The maximum absolute atomic E-state index is 10.8. The van der Waals surface area contributed by atoms with Gasteiger partial charge in [-0.25, -0.2) is 4.79 Å². The predicted octanol–water partition coefficient (Wildman–Crippen LogP) is 1.33. The zero-order valence-corrected chi connectivity index (χ0v) is 6.44. The smallest absolute Gasteiger partial charge is 0.373 e. The molecule has 64 valence electrons. The summed E-state index contributed by atoms with van der Waals surface area (Å²) in [5.74, 6) is -0.874. The molecule has 0 fully saturated rings. The van der Waals surface area contributed by atoms with Gasteiger partial charge in [-0.1, -0.05) is 6.07 Å². The maximum Gasteiger partial charge on any atom is 0.373 e. The van der Waals surface area contributed by atoms with Crippen LogP contribution in [0.15, 0.2) is 18.2 Å². The first-order valence-electron chi connectivity index (χ1n) is 3.31. The Kier molecular flexibility index (Phi) is 2.30. The lowest BCUT2D eigenvalue weighted by Crippen LogP contribution is -2.03. The number of phenols is 1. The molecule has 0 spiro atoms. The molecule has 12 heavy (non-hydrogen) atoms. The molecule has 1 rings (SSSR count). The minimum absolute atomic E-state index is 0.00194. The highest BCUT2D eigenvalue weighted by Gasteiger charge is 2.11. The van der Waals surface area contributed by atoms with E-state index in [1.807, 2.05) is 0 Å². The van der Waals surface area contributed by atoms with Gasteiger partial charge in [-0.05, 0) is 19.1 Å². The number of carbonyl (C=O) groups excluding carboxylic acids is 1. The van der Waals surface area contributed by atoms with Crippen molar-refractivity contribution < 1.29 is 20.0 Å². The standard InChI is InChI=1S/C8H8O4/c1-5-6(8(10)12-11)3-2-4-7(5)9/h2-4,9,11H,1H3. The molecule has 0 aliphatic carbocycles. The van der Waals surface area contributed by atoms with Crippen LogP contribution in [0.3, 0.4) is 0 Å². The zero-order chi connectivity index (χ0) is 9.14. The second-order valence-corrected chi connectivity index (χ2v) is 2.33. The molecule has 0 unspecified atom stereocenters. The lowest BCUT2D eigenvalue weighted by Gasteiger charge is -2.02. The quantitative estimate of drug-likeness (QED) is 0.490. The summed E-state index contributed by atoms with van der Waals surface area (Å²) in [4.78, 5) is 14.3. The van der Waals surface area contributed by atoms with Crippen molar-refractivity contribution in [3.63, 3.8) is 0 Å². The van der Waals surface area contributed by atoms with Crippen LogP contribution in [0.2, 0.25) is 0 Å². The summed E-state index contributed by atoms with van der Waals surface area (Å²) in [6.45, 7) is 1.56. The third kappa shape index (κ3) is 1.38. The molecule has 0 saturated carbocycles. The van der Waals surface area contributed by atoms with Gasteiger partial charge in [-0.15, -0.1) is 0 Å². The monoisotopic (exact) mass is 168 g/mol. The van der Waals surface area contributed by atoms with E-state index in [1.165, 1.54) is 18.2 Å². The average Bonchev–Trinajstić information content (AvgIpc) is 2.08. The van der Waals surface area contributed by atoms with E-state index < -0.39 is 5.97 Å². The fourth-order valence-electron chi connectivity index (χ4n) is 0.894. The molecule has 0 atom stereocenters. The number of aromatic hydroxyl groups is 1. The maximum atomic E-state index is 10.8. The number of hydrogen-bond acceptors (Lipinski definition) is 4. The molecule has 2 N–H and O–H groups in total. The van der Waals surface area contributed by atoms with E-state index >= 15 is 0 Å². The summed E-state index contributed by atoms with van der Waals surface area (Å²) >= 11 is 0. The molecule has 4 heteroatoms. The van der Waals surface area contributed by atoms with E-state index in [1.54, 1.807) is 6.92 Å². The molecule has 1 aromatic rings. The average molecular weight is 168 g/mol. The summed E-state index contributed by atoms with van der Waals surface area (Å²) in [6, 6.07) is 4.39. The Labute approximate surface area is 69.0 Å².